The van der Waals surface area contributed by atoms with Crippen LogP contribution in [0.2, 0.25) is 0 Å². The smallest absolute Gasteiger partial charge is 0.258 e. The molecule has 5 nitrogen and oxygen atoms in total. The maximum atomic E-state index is 14.7. The highest BCUT2D eigenvalue weighted by atomic mass is 35.5. The van der Waals surface area contributed by atoms with E-state index in [0.717, 1.165) is 11.6 Å². The van der Waals surface area contributed by atoms with Crippen LogP contribution in [0.5, 0.6) is 0 Å². The van der Waals surface area contributed by atoms with Crippen molar-refractivity contribution in [3.8, 4) is 0 Å². The van der Waals surface area contributed by atoms with Gasteiger partial charge in [-0.3, -0.25) is 9.59 Å². The van der Waals surface area contributed by atoms with Crippen molar-refractivity contribution in [2.75, 3.05) is 17.2 Å². The summed E-state index contributed by atoms with van der Waals surface area (Å²) >= 11 is 0. The zero-order chi connectivity index (χ0) is 20.5. The number of hydrogen-bond donors (Lipinski definition) is 3. The van der Waals surface area contributed by atoms with Crippen molar-refractivity contribution in [2.45, 2.75) is 33.7 Å². The van der Waals surface area contributed by atoms with Gasteiger partial charge in [-0.1, -0.05) is 26.8 Å². The molecule has 0 fully saturated rings. The summed E-state index contributed by atoms with van der Waals surface area (Å²) < 4.78 is 28.9. The molecule has 8 heteroatoms. The lowest BCUT2D eigenvalue weighted by atomic mass is 9.95. The first-order valence-electron chi connectivity index (χ1n) is 9.10. The minimum atomic E-state index is -0.780. The minimum Gasteiger partial charge on any atom is -0.326 e. The molecule has 2 aromatic carbocycles. The molecule has 3 rings (SSSR count). The van der Waals surface area contributed by atoms with Crippen LogP contribution in [0.25, 0.3) is 0 Å². The molecule has 0 atom stereocenters. The van der Waals surface area contributed by atoms with Crippen LogP contribution in [-0.2, 0) is 17.8 Å². The molecule has 2 aromatic rings. The fraction of sp³-hybridized carbons (Fsp3) is 0.333. The molecular weight excluding hydrogens is 400 g/mol. The Balaban J connectivity index is 0.00000300. The first-order valence-corrected chi connectivity index (χ1v) is 9.10. The maximum Gasteiger partial charge on any atom is 0.258 e. The van der Waals surface area contributed by atoms with Crippen molar-refractivity contribution in [3.05, 3.63) is 58.7 Å². The van der Waals surface area contributed by atoms with Crippen LogP contribution >= 0.6 is 12.4 Å². The highest BCUT2D eigenvalue weighted by Crippen LogP contribution is 2.26. The summed E-state index contributed by atoms with van der Waals surface area (Å²) in [7, 11) is 0. The average Bonchev–Trinajstić information content (AvgIpc) is 2.65. The third-order valence-corrected chi connectivity index (χ3v) is 4.61. The molecule has 0 aromatic heterocycles. The van der Waals surface area contributed by atoms with Crippen molar-refractivity contribution >= 4 is 35.6 Å². The quantitative estimate of drug-likeness (QED) is 0.690. The third kappa shape index (κ3) is 5.10. The number of carbonyl (C=O) groups excluding carboxylic acids is 2. The lowest BCUT2D eigenvalue weighted by molar-refractivity contribution is -0.123. The summed E-state index contributed by atoms with van der Waals surface area (Å²) in [6.07, 6.45) is 0.521. The van der Waals surface area contributed by atoms with Crippen LogP contribution in [0, 0.1) is 17.0 Å². The average molecular weight is 424 g/mol. The van der Waals surface area contributed by atoms with Crippen LogP contribution in [0.4, 0.5) is 20.2 Å². The molecule has 3 N–H and O–H groups in total. The van der Waals surface area contributed by atoms with Gasteiger partial charge in [0, 0.05) is 17.6 Å². The second-order valence-electron chi connectivity index (χ2n) is 7.84. The van der Waals surface area contributed by atoms with Gasteiger partial charge in [0.05, 0.1) is 11.3 Å². The fourth-order valence-electron chi connectivity index (χ4n) is 2.92. The Bertz CT molecular complexity index is 942. The standard InChI is InChI=1S/C21H23F2N3O2.ClH/c1-21(2,3)20(28)25-13-5-6-16(22)15(10-13)19(27)26-17-7-4-12-11-24-9-8-14(12)18(17)23;/h4-7,10,24H,8-9,11H2,1-3H3,(H,25,28)(H,26,27);1H. The maximum absolute atomic E-state index is 14.7. The summed E-state index contributed by atoms with van der Waals surface area (Å²) in [5, 5.41) is 8.25. The third-order valence-electron chi connectivity index (χ3n) is 4.61. The van der Waals surface area contributed by atoms with Gasteiger partial charge >= 0.3 is 0 Å². The second-order valence-corrected chi connectivity index (χ2v) is 7.84. The number of rotatable bonds is 3. The molecule has 0 spiro atoms. The minimum absolute atomic E-state index is 0. The van der Waals surface area contributed by atoms with Gasteiger partial charge in [-0.05, 0) is 48.4 Å². The van der Waals surface area contributed by atoms with Crippen LogP contribution < -0.4 is 16.0 Å². The van der Waals surface area contributed by atoms with E-state index < -0.39 is 23.0 Å². The second kappa shape index (κ2) is 8.88. The number of anilines is 2. The largest absolute Gasteiger partial charge is 0.326 e. The van der Waals surface area contributed by atoms with Gasteiger partial charge in [-0.25, -0.2) is 8.78 Å². The van der Waals surface area contributed by atoms with E-state index in [-0.39, 0.29) is 29.6 Å². The molecule has 0 bridgehead atoms. The predicted octanol–water partition coefficient (Wildman–Crippen LogP) is 4.27. The van der Waals surface area contributed by atoms with Crippen LogP contribution in [0.3, 0.4) is 0 Å². The molecule has 1 aliphatic heterocycles. The van der Waals surface area contributed by atoms with Crippen molar-refractivity contribution < 1.29 is 18.4 Å². The molecule has 2 amide bonds. The first-order chi connectivity index (χ1) is 13.2. The lowest BCUT2D eigenvalue weighted by Crippen LogP contribution is -2.28. The van der Waals surface area contributed by atoms with E-state index in [1.807, 2.05) is 0 Å². The fourth-order valence-corrected chi connectivity index (χ4v) is 2.92. The van der Waals surface area contributed by atoms with Gasteiger partial charge in [0.15, 0.2) is 0 Å². The molecule has 0 unspecified atom stereocenters. The van der Waals surface area contributed by atoms with Crippen molar-refractivity contribution in [1.82, 2.24) is 5.32 Å². The number of amides is 2. The number of benzene rings is 2. The van der Waals surface area contributed by atoms with E-state index in [1.165, 1.54) is 18.2 Å². The van der Waals surface area contributed by atoms with E-state index >= 15 is 0 Å². The van der Waals surface area contributed by atoms with Crippen LogP contribution in [0.15, 0.2) is 30.3 Å². The molecule has 0 saturated carbocycles. The Kier molecular flexibility index (Phi) is 6.97. The molecule has 29 heavy (non-hydrogen) atoms. The zero-order valence-corrected chi connectivity index (χ0v) is 17.3. The Hall–Kier alpha value is -2.51. The van der Waals surface area contributed by atoms with Crippen molar-refractivity contribution in [1.29, 1.82) is 0 Å². The van der Waals surface area contributed by atoms with Gasteiger partial charge in [-0.2, -0.15) is 0 Å². The SMILES string of the molecule is CC(C)(C)C(=O)Nc1ccc(F)c(C(=O)Nc2ccc3c(c2F)CCNC3)c1.Cl. The summed E-state index contributed by atoms with van der Waals surface area (Å²) in [6, 6.07) is 6.94. The Morgan fingerprint density at radius 1 is 1.07 bits per heavy atom. The number of fused-ring (bicyclic) bond motifs is 1. The van der Waals surface area contributed by atoms with E-state index in [4.69, 9.17) is 0 Å². The normalized spacial score (nSPS) is 13.1. The van der Waals surface area contributed by atoms with Gasteiger partial charge in [0.1, 0.15) is 11.6 Å². The van der Waals surface area contributed by atoms with E-state index in [1.54, 1.807) is 26.8 Å². The number of hydrogen-bond acceptors (Lipinski definition) is 3. The highest BCUT2D eigenvalue weighted by Gasteiger charge is 2.23. The van der Waals surface area contributed by atoms with Crippen molar-refractivity contribution in [3.63, 3.8) is 0 Å². The van der Waals surface area contributed by atoms with Crippen molar-refractivity contribution in [2.24, 2.45) is 5.41 Å². The Morgan fingerprint density at radius 2 is 1.79 bits per heavy atom. The number of carbonyl (C=O) groups is 2. The van der Waals surface area contributed by atoms with Gasteiger partial charge in [0.2, 0.25) is 5.91 Å². The Labute approximate surface area is 174 Å². The highest BCUT2D eigenvalue weighted by molar-refractivity contribution is 6.06. The monoisotopic (exact) mass is 423 g/mol. The molecular formula is C21H24ClF2N3O2. The van der Waals surface area contributed by atoms with Crippen LogP contribution in [0.1, 0.15) is 42.3 Å². The zero-order valence-electron chi connectivity index (χ0n) is 16.5. The molecule has 1 aliphatic rings. The Morgan fingerprint density at radius 3 is 2.48 bits per heavy atom. The van der Waals surface area contributed by atoms with E-state index in [2.05, 4.69) is 16.0 Å². The summed E-state index contributed by atoms with van der Waals surface area (Å²) in [6.45, 7) is 6.46. The van der Waals surface area contributed by atoms with Gasteiger partial charge < -0.3 is 16.0 Å². The molecule has 0 aliphatic carbocycles. The van der Waals surface area contributed by atoms with E-state index in [9.17, 15) is 18.4 Å². The molecule has 0 saturated heterocycles. The molecule has 156 valence electrons. The lowest BCUT2D eigenvalue weighted by Gasteiger charge is -2.20. The topological polar surface area (TPSA) is 70.2 Å². The summed E-state index contributed by atoms with van der Waals surface area (Å²) in [4.78, 5) is 24.7. The molecule has 1 heterocycles. The summed E-state index contributed by atoms with van der Waals surface area (Å²) in [5.41, 5.74) is 0.795. The van der Waals surface area contributed by atoms with Gasteiger partial charge in [0.25, 0.3) is 5.91 Å². The number of halogens is 3. The number of nitrogens with one attached hydrogen (secondary N) is 3. The predicted molar refractivity (Wildman–Crippen MR) is 111 cm³/mol. The molecule has 0 radical (unpaired) electrons. The summed E-state index contributed by atoms with van der Waals surface area (Å²) in [5.74, 6) is -2.30. The van der Waals surface area contributed by atoms with Crippen LogP contribution in [-0.4, -0.2) is 18.4 Å². The van der Waals surface area contributed by atoms with E-state index in [0.29, 0.717) is 30.8 Å². The first kappa shape index (κ1) is 22.8. The van der Waals surface area contributed by atoms with Gasteiger partial charge in [-0.15, -0.1) is 12.4 Å².